The van der Waals surface area contributed by atoms with Crippen molar-refractivity contribution in [3.05, 3.63) is 0 Å². The molecule has 39 heavy (non-hydrogen) atoms. The van der Waals surface area contributed by atoms with Gasteiger partial charge in [-0.25, -0.2) is 9.36 Å². The van der Waals surface area contributed by atoms with Gasteiger partial charge in [-0.1, -0.05) is 123 Å². The summed E-state index contributed by atoms with van der Waals surface area (Å²) in [6.45, 7) is 3.63. The lowest BCUT2D eigenvalue weighted by molar-refractivity contribution is -0.151. The smallest absolute Gasteiger partial charge is 0.449 e. The van der Waals surface area contributed by atoms with E-state index in [9.17, 15) is 24.2 Å². The fraction of sp³-hybridized carbons (Fsp3) is 0.931. The first kappa shape index (κ1) is 36.2. The molecule has 0 spiro atoms. The Labute approximate surface area is 236 Å². The van der Waals surface area contributed by atoms with Crippen molar-refractivity contribution < 1.29 is 43.0 Å². The number of esters is 1. The molecule has 1 aliphatic rings. The van der Waals surface area contributed by atoms with Crippen LogP contribution in [0.25, 0.3) is 0 Å². The highest BCUT2D eigenvalue weighted by Gasteiger charge is 2.50. The third-order valence-electron chi connectivity index (χ3n) is 7.43. The van der Waals surface area contributed by atoms with Gasteiger partial charge in [-0.05, 0) is 18.8 Å². The molecule has 0 aliphatic carbocycles. The van der Waals surface area contributed by atoms with Crippen LogP contribution in [-0.4, -0.2) is 58.4 Å². The summed E-state index contributed by atoms with van der Waals surface area (Å²) in [5.74, 6) is -2.11. The Morgan fingerprint density at radius 1 is 0.795 bits per heavy atom. The van der Waals surface area contributed by atoms with E-state index in [4.69, 9.17) is 18.9 Å². The summed E-state index contributed by atoms with van der Waals surface area (Å²) in [5.41, 5.74) is 0. The minimum Gasteiger partial charge on any atom is -0.449 e. The van der Waals surface area contributed by atoms with Crippen LogP contribution in [0.5, 0.6) is 0 Å². The molecule has 0 amide bonds. The number of unbranched alkanes of at least 4 members (excludes halogenated alkanes) is 15. The summed E-state index contributed by atoms with van der Waals surface area (Å²) in [5, 5.41) is 18.6. The average Bonchev–Trinajstić information content (AvgIpc) is 3.19. The third kappa shape index (κ3) is 16.3. The molecule has 5 atom stereocenters. The standard InChI is InChI=1S/C29H55O9P/c1-3-5-7-9-11-13-15-17-19-21-24(20-18-16-14-12-10-8-6-4-2)23-36-39(34,35)38-28-26(32)27(25(31)22-30)37-29(28)33/h24-25,27-28,30-31H,3-23H2,1-2H3,(H,34,35)/t24?,25?,27-,28?/m1/s1. The van der Waals surface area contributed by atoms with Gasteiger partial charge in [0.15, 0.2) is 6.10 Å². The molecule has 1 saturated heterocycles. The zero-order valence-corrected chi connectivity index (χ0v) is 25.3. The van der Waals surface area contributed by atoms with Crippen LogP contribution in [0.4, 0.5) is 0 Å². The topological polar surface area (TPSA) is 140 Å². The van der Waals surface area contributed by atoms with E-state index in [1.165, 1.54) is 83.5 Å². The third-order valence-corrected chi connectivity index (χ3v) is 8.38. The number of rotatable bonds is 26. The van der Waals surface area contributed by atoms with Crippen LogP contribution in [0.3, 0.4) is 0 Å². The number of cyclic esters (lactones) is 1. The summed E-state index contributed by atoms with van der Waals surface area (Å²) >= 11 is 0. The predicted octanol–water partition coefficient (Wildman–Crippen LogP) is 6.40. The van der Waals surface area contributed by atoms with Crippen LogP contribution in [-0.2, 0) is 27.9 Å². The Bertz CT molecular complexity index is 702. The molecule has 10 heteroatoms. The quantitative estimate of drug-likeness (QED) is 0.0460. The fourth-order valence-corrected chi connectivity index (χ4v) is 5.87. The molecule has 0 saturated carbocycles. The molecule has 0 bridgehead atoms. The van der Waals surface area contributed by atoms with Crippen molar-refractivity contribution in [1.29, 1.82) is 0 Å². The van der Waals surface area contributed by atoms with Crippen molar-refractivity contribution in [2.24, 2.45) is 5.92 Å². The van der Waals surface area contributed by atoms with Crippen LogP contribution >= 0.6 is 7.82 Å². The van der Waals surface area contributed by atoms with E-state index in [1.54, 1.807) is 0 Å². The molecule has 0 aromatic rings. The van der Waals surface area contributed by atoms with E-state index >= 15 is 0 Å². The molecule has 3 N–H and O–H groups in total. The van der Waals surface area contributed by atoms with E-state index in [1.807, 2.05) is 0 Å². The number of phosphoric acid groups is 1. The second kappa shape index (κ2) is 21.9. The van der Waals surface area contributed by atoms with Crippen LogP contribution in [0.2, 0.25) is 0 Å². The van der Waals surface area contributed by atoms with Crippen molar-refractivity contribution in [2.75, 3.05) is 13.2 Å². The number of hydrogen-bond donors (Lipinski definition) is 3. The normalized spacial score (nSPS) is 20.6. The summed E-state index contributed by atoms with van der Waals surface area (Å²) in [6.07, 6.45) is 17.2. The summed E-state index contributed by atoms with van der Waals surface area (Å²) < 4.78 is 27.4. The monoisotopic (exact) mass is 578 g/mol. The fourth-order valence-electron chi connectivity index (χ4n) is 4.95. The van der Waals surface area contributed by atoms with Crippen molar-refractivity contribution in [3.8, 4) is 0 Å². The van der Waals surface area contributed by atoms with Gasteiger partial charge in [0, 0.05) is 0 Å². The lowest BCUT2D eigenvalue weighted by atomic mass is 9.94. The second-order valence-electron chi connectivity index (χ2n) is 11.0. The highest BCUT2D eigenvalue weighted by Crippen LogP contribution is 2.46. The van der Waals surface area contributed by atoms with Crippen molar-refractivity contribution in [3.63, 3.8) is 0 Å². The maximum atomic E-state index is 12.6. The van der Waals surface area contributed by atoms with Crippen molar-refractivity contribution >= 4 is 19.6 Å². The molecule has 0 radical (unpaired) electrons. The molecule has 230 valence electrons. The maximum Gasteiger partial charge on any atom is 0.473 e. The average molecular weight is 579 g/mol. The number of carbonyl (C=O) groups excluding carboxylic acids is 2. The largest absolute Gasteiger partial charge is 0.473 e. The molecule has 1 heterocycles. The molecule has 1 aliphatic heterocycles. The molecule has 1 fully saturated rings. The molecule has 0 aromatic heterocycles. The molecular weight excluding hydrogens is 523 g/mol. The minimum atomic E-state index is -4.73. The first-order valence-electron chi connectivity index (χ1n) is 15.4. The van der Waals surface area contributed by atoms with Crippen LogP contribution in [0.1, 0.15) is 136 Å². The first-order chi connectivity index (χ1) is 18.8. The zero-order chi connectivity index (χ0) is 28.9. The van der Waals surface area contributed by atoms with E-state index in [0.29, 0.717) is 0 Å². The Balaban J connectivity index is 2.49. The van der Waals surface area contributed by atoms with Crippen LogP contribution < -0.4 is 0 Å². The lowest BCUT2D eigenvalue weighted by Gasteiger charge is -2.20. The first-order valence-corrected chi connectivity index (χ1v) is 16.9. The number of carbonyl (C=O) groups is 2. The Hall–Kier alpha value is -0.830. The number of hydrogen-bond acceptors (Lipinski definition) is 8. The van der Waals surface area contributed by atoms with Crippen molar-refractivity contribution in [2.45, 2.75) is 154 Å². The molecule has 1 rings (SSSR count). The summed E-state index contributed by atoms with van der Waals surface area (Å²) in [7, 11) is -4.73. The Morgan fingerprint density at radius 3 is 1.67 bits per heavy atom. The van der Waals surface area contributed by atoms with Gasteiger partial charge < -0.3 is 19.8 Å². The van der Waals surface area contributed by atoms with E-state index < -0.39 is 44.5 Å². The number of phosphoric ester groups is 1. The van der Waals surface area contributed by atoms with Gasteiger partial charge in [0.1, 0.15) is 6.10 Å². The van der Waals surface area contributed by atoms with Gasteiger partial charge in [0.2, 0.25) is 11.9 Å². The number of aliphatic hydroxyl groups is 2. The summed E-state index contributed by atoms with van der Waals surface area (Å²) in [4.78, 5) is 34.5. The lowest BCUT2D eigenvalue weighted by Crippen LogP contribution is -2.37. The number of ether oxygens (including phenoxy) is 1. The summed E-state index contributed by atoms with van der Waals surface area (Å²) in [6, 6.07) is 0. The minimum absolute atomic E-state index is 0.0000524. The predicted molar refractivity (Wildman–Crippen MR) is 151 cm³/mol. The van der Waals surface area contributed by atoms with Crippen LogP contribution in [0, 0.1) is 5.92 Å². The number of Topliss-reactive ketones (excluding diaryl/α,β-unsaturated/α-hetero) is 1. The Morgan fingerprint density at radius 2 is 1.23 bits per heavy atom. The van der Waals surface area contributed by atoms with E-state index in [0.717, 1.165) is 38.5 Å². The van der Waals surface area contributed by atoms with Gasteiger partial charge in [0.05, 0.1) is 13.2 Å². The molecule has 9 nitrogen and oxygen atoms in total. The molecule has 4 unspecified atom stereocenters. The second-order valence-corrected chi connectivity index (χ2v) is 12.4. The van der Waals surface area contributed by atoms with Gasteiger partial charge in [-0.15, -0.1) is 0 Å². The number of aliphatic hydroxyl groups excluding tert-OH is 2. The zero-order valence-electron chi connectivity index (χ0n) is 24.4. The number of ketones is 1. The SMILES string of the molecule is CCCCCCCCCCCC(CCCCCCCCCC)COP(=O)(O)OC1C(=O)O[C@H](C(O)CO)C1=O. The van der Waals surface area contributed by atoms with Crippen LogP contribution in [0.15, 0.2) is 0 Å². The molecular formula is C29H55O9P. The van der Waals surface area contributed by atoms with Gasteiger partial charge >= 0.3 is 13.8 Å². The van der Waals surface area contributed by atoms with Gasteiger partial charge in [-0.2, -0.15) is 0 Å². The van der Waals surface area contributed by atoms with Crippen molar-refractivity contribution in [1.82, 2.24) is 0 Å². The Kier molecular flexibility index (Phi) is 20.3. The van der Waals surface area contributed by atoms with Gasteiger partial charge in [0.25, 0.3) is 0 Å². The van der Waals surface area contributed by atoms with Gasteiger partial charge in [-0.3, -0.25) is 13.8 Å². The molecule has 0 aromatic carbocycles. The van der Waals surface area contributed by atoms with E-state index in [-0.39, 0.29) is 12.5 Å². The maximum absolute atomic E-state index is 12.6. The highest BCUT2D eigenvalue weighted by molar-refractivity contribution is 7.47. The van der Waals surface area contributed by atoms with E-state index in [2.05, 4.69) is 13.8 Å². The highest BCUT2D eigenvalue weighted by atomic mass is 31.2.